The molecule has 134 valence electrons. The van der Waals surface area contributed by atoms with Crippen molar-refractivity contribution in [1.82, 2.24) is 10.6 Å². The van der Waals surface area contributed by atoms with Gasteiger partial charge in [0.05, 0.1) is 0 Å². The minimum absolute atomic E-state index is 0.291. The van der Waals surface area contributed by atoms with Crippen LogP contribution in [0.1, 0.15) is 16.7 Å². The first kappa shape index (κ1) is 18.9. The normalized spacial score (nSPS) is 10.3. The summed E-state index contributed by atoms with van der Waals surface area (Å²) in [6.45, 7) is 1.73. The van der Waals surface area contributed by atoms with Gasteiger partial charge in [0, 0.05) is 12.6 Å². The highest BCUT2D eigenvalue weighted by molar-refractivity contribution is 5.96. The van der Waals surface area contributed by atoms with Crippen molar-refractivity contribution in [3.8, 4) is 0 Å². The first-order valence-corrected chi connectivity index (χ1v) is 8.06. The van der Waals surface area contributed by atoms with Gasteiger partial charge in [0.15, 0.2) is 6.61 Å². The van der Waals surface area contributed by atoms with Crippen molar-refractivity contribution in [2.75, 3.05) is 6.61 Å². The van der Waals surface area contributed by atoms with Crippen molar-refractivity contribution >= 4 is 24.0 Å². The molecule has 26 heavy (non-hydrogen) atoms. The smallest absolute Gasteiger partial charge is 0.331 e. The summed E-state index contributed by atoms with van der Waals surface area (Å²) in [7, 11) is 0. The first-order chi connectivity index (χ1) is 12.5. The zero-order valence-corrected chi connectivity index (χ0v) is 14.4. The zero-order valence-electron chi connectivity index (χ0n) is 14.4. The lowest BCUT2D eigenvalue weighted by Gasteiger charge is -2.07. The van der Waals surface area contributed by atoms with E-state index >= 15 is 0 Å². The minimum Gasteiger partial charge on any atom is -0.452 e. The lowest BCUT2D eigenvalue weighted by atomic mass is 10.1. The van der Waals surface area contributed by atoms with E-state index in [2.05, 4.69) is 10.6 Å². The van der Waals surface area contributed by atoms with Crippen LogP contribution in [-0.4, -0.2) is 24.5 Å². The van der Waals surface area contributed by atoms with Crippen LogP contribution < -0.4 is 10.6 Å². The van der Waals surface area contributed by atoms with Crippen molar-refractivity contribution in [2.45, 2.75) is 13.5 Å². The summed E-state index contributed by atoms with van der Waals surface area (Å²) in [5, 5.41) is 4.64. The molecule has 0 fully saturated rings. The van der Waals surface area contributed by atoms with E-state index < -0.39 is 24.5 Å². The van der Waals surface area contributed by atoms with Crippen molar-refractivity contribution in [1.29, 1.82) is 0 Å². The van der Waals surface area contributed by atoms with E-state index in [1.54, 1.807) is 6.08 Å². The van der Waals surface area contributed by atoms with Gasteiger partial charge >= 0.3 is 12.0 Å². The van der Waals surface area contributed by atoms with Crippen molar-refractivity contribution in [3.05, 3.63) is 77.4 Å². The number of hydrogen-bond donors (Lipinski definition) is 2. The van der Waals surface area contributed by atoms with Crippen LogP contribution in [-0.2, 0) is 20.9 Å². The molecule has 2 N–H and O–H groups in total. The Morgan fingerprint density at radius 3 is 2.38 bits per heavy atom. The number of esters is 1. The van der Waals surface area contributed by atoms with E-state index in [0.29, 0.717) is 6.54 Å². The fourth-order valence-electron chi connectivity index (χ4n) is 2.01. The Balaban J connectivity index is 1.68. The number of hydrogen-bond acceptors (Lipinski definition) is 4. The largest absolute Gasteiger partial charge is 0.452 e. The Morgan fingerprint density at radius 2 is 1.69 bits per heavy atom. The second-order valence-corrected chi connectivity index (χ2v) is 5.57. The second-order valence-electron chi connectivity index (χ2n) is 5.57. The van der Waals surface area contributed by atoms with E-state index in [1.807, 2.05) is 61.5 Å². The zero-order chi connectivity index (χ0) is 18.8. The van der Waals surface area contributed by atoms with E-state index in [9.17, 15) is 14.4 Å². The fourth-order valence-corrected chi connectivity index (χ4v) is 2.01. The highest BCUT2D eigenvalue weighted by atomic mass is 16.5. The minimum atomic E-state index is -0.701. The molecule has 2 rings (SSSR count). The number of nitrogens with one attached hydrogen (secondary N) is 2. The van der Waals surface area contributed by atoms with E-state index in [1.165, 1.54) is 6.08 Å². The van der Waals surface area contributed by atoms with E-state index in [4.69, 9.17) is 4.74 Å². The summed E-state index contributed by atoms with van der Waals surface area (Å²) in [6.07, 6.45) is 2.82. The molecule has 3 amide bonds. The van der Waals surface area contributed by atoms with E-state index in [0.717, 1.165) is 16.7 Å². The van der Waals surface area contributed by atoms with Gasteiger partial charge in [-0.25, -0.2) is 9.59 Å². The third-order valence-corrected chi connectivity index (χ3v) is 3.38. The maximum atomic E-state index is 11.6. The van der Waals surface area contributed by atoms with Gasteiger partial charge in [0.2, 0.25) is 0 Å². The molecule has 0 bridgehead atoms. The average Bonchev–Trinajstić information content (AvgIpc) is 2.65. The molecule has 0 aromatic heterocycles. The summed E-state index contributed by atoms with van der Waals surface area (Å²) in [4.78, 5) is 34.8. The number of ether oxygens (including phenoxy) is 1. The van der Waals surface area contributed by atoms with Gasteiger partial charge < -0.3 is 10.1 Å². The summed E-state index contributed by atoms with van der Waals surface area (Å²) in [6, 6.07) is 16.2. The van der Waals surface area contributed by atoms with Crippen LogP contribution in [0, 0.1) is 6.92 Å². The van der Waals surface area contributed by atoms with Gasteiger partial charge in [-0.15, -0.1) is 0 Å². The van der Waals surface area contributed by atoms with Gasteiger partial charge in [-0.2, -0.15) is 0 Å². The number of carbonyl (C=O) groups is 3. The Hall–Kier alpha value is -3.41. The highest BCUT2D eigenvalue weighted by Crippen LogP contribution is 2.05. The molecule has 6 heteroatoms. The SMILES string of the molecule is Cc1ccc(/C=C/C(=O)OCC(=O)NC(=O)NCc2ccccc2)cc1. The second kappa shape index (κ2) is 9.78. The molecule has 0 atom stereocenters. The maximum Gasteiger partial charge on any atom is 0.331 e. The van der Waals surface area contributed by atoms with Crippen molar-refractivity contribution in [2.24, 2.45) is 0 Å². The van der Waals surface area contributed by atoms with Crippen LogP contribution in [0.15, 0.2) is 60.7 Å². The molecular formula is C20H20N2O4. The van der Waals surface area contributed by atoms with E-state index in [-0.39, 0.29) is 0 Å². The molecule has 2 aromatic carbocycles. The lowest BCUT2D eigenvalue weighted by molar-refractivity contribution is -0.143. The molecule has 0 heterocycles. The van der Waals surface area contributed by atoms with Gasteiger partial charge in [0.1, 0.15) is 0 Å². The summed E-state index contributed by atoms with van der Waals surface area (Å²) in [5.41, 5.74) is 2.87. The van der Waals surface area contributed by atoms with Crippen LogP contribution in [0.25, 0.3) is 6.08 Å². The maximum absolute atomic E-state index is 11.6. The van der Waals surface area contributed by atoms with Crippen LogP contribution in [0.5, 0.6) is 0 Å². The monoisotopic (exact) mass is 352 g/mol. The van der Waals surface area contributed by atoms with Crippen LogP contribution in [0.3, 0.4) is 0 Å². The van der Waals surface area contributed by atoms with Gasteiger partial charge in [-0.1, -0.05) is 60.2 Å². The lowest BCUT2D eigenvalue weighted by Crippen LogP contribution is -2.41. The molecule has 0 aliphatic carbocycles. The summed E-state index contributed by atoms with van der Waals surface area (Å²) < 4.78 is 4.80. The third kappa shape index (κ3) is 7.00. The highest BCUT2D eigenvalue weighted by Gasteiger charge is 2.09. The number of carbonyl (C=O) groups excluding carboxylic acids is 3. The topological polar surface area (TPSA) is 84.5 Å². The molecule has 0 saturated carbocycles. The molecule has 0 spiro atoms. The summed E-state index contributed by atoms with van der Waals surface area (Å²) in [5.74, 6) is -1.36. The van der Waals surface area contributed by atoms with Crippen LogP contribution in [0.2, 0.25) is 0 Å². The molecule has 6 nitrogen and oxygen atoms in total. The standard InChI is InChI=1S/C20H20N2O4/c1-15-7-9-16(10-8-15)11-12-19(24)26-14-18(23)22-20(25)21-13-17-5-3-2-4-6-17/h2-12H,13-14H2,1H3,(H2,21,22,23,25)/b12-11+. The number of urea groups is 1. The predicted octanol–water partition coefficient (Wildman–Crippen LogP) is 2.58. The molecule has 0 aliphatic heterocycles. The van der Waals surface area contributed by atoms with Gasteiger partial charge in [-0.05, 0) is 24.1 Å². The first-order valence-electron chi connectivity index (χ1n) is 8.06. The number of aryl methyl sites for hydroxylation is 1. The van der Waals surface area contributed by atoms with Crippen LogP contribution >= 0.6 is 0 Å². The Kier molecular flexibility index (Phi) is 7.12. The Morgan fingerprint density at radius 1 is 1.00 bits per heavy atom. The van der Waals surface area contributed by atoms with Crippen LogP contribution in [0.4, 0.5) is 4.79 Å². The number of imide groups is 1. The predicted molar refractivity (Wildman–Crippen MR) is 98.0 cm³/mol. The van der Waals surface area contributed by atoms with Crippen molar-refractivity contribution < 1.29 is 19.1 Å². The number of benzene rings is 2. The fraction of sp³-hybridized carbons (Fsp3) is 0.150. The Labute approximate surface area is 151 Å². The quantitative estimate of drug-likeness (QED) is 0.618. The molecular weight excluding hydrogens is 332 g/mol. The van der Waals surface area contributed by atoms with Gasteiger partial charge in [0.25, 0.3) is 5.91 Å². The number of amides is 3. The third-order valence-electron chi connectivity index (χ3n) is 3.38. The van der Waals surface area contributed by atoms with Gasteiger partial charge in [-0.3, -0.25) is 10.1 Å². The van der Waals surface area contributed by atoms with Crippen molar-refractivity contribution in [3.63, 3.8) is 0 Å². The summed E-state index contributed by atoms with van der Waals surface area (Å²) >= 11 is 0. The molecule has 2 aromatic rings. The average molecular weight is 352 g/mol. The Bertz CT molecular complexity index is 783. The molecule has 0 radical (unpaired) electrons. The number of rotatable bonds is 6. The molecule has 0 unspecified atom stereocenters. The molecule has 0 aliphatic rings. The molecule has 0 saturated heterocycles.